The van der Waals surface area contributed by atoms with Crippen LogP contribution in [-0.2, 0) is 4.79 Å². The lowest BCUT2D eigenvalue weighted by Gasteiger charge is -2.01. The molecule has 0 bridgehead atoms. The van der Waals surface area contributed by atoms with Crippen molar-refractivity contribution in [3.63, 3.8) is 0 Å². The molecule has 0 atom stereocenters. The summed E-state index contributed by atoms with van der Waals surface area (Å²) in [7, 11) is 0. The first-order valence-electron chi connectivity index (χ1n) is 6.16. The number of hydrogen-bond acceptors (Lipinski definition) is 2. The molecular weight excluding hydrogens is 325 g/mol. The fourth-order valence-corrected chi connectivity index (χ4v) is 3.25. The van der Waals surface area contributed by atoms with Gasteiger partial charge in [-0.2, -0.15) is 0 Å². The maximum Gasteiger partial charge on any atom is 0.284 e. The van der Waals surface area contributed by atoms with Gasteiger partial charge in [-0.25, -0.2) is 4.99 Å². The Hall–Kier alpha value is -1.55. The Balaban J connectivity index is 1.89. The molecule has 0 radical (unpaired) electrons. The maximum absolute atomic E-state index is 12.0. The Morgan fingerprint density at radius 1 is 1.05 bits per heavy atom. The van der Waals surface area contributed by atoms with Crippen molar-refractivity contribution in [3.05, 3.63) is 74.6 Å². The highest BCUT2D eigenvalue weighted by molar-refractivity contribution is 8.19. The van der Waals surface area contributed by atoms with Gasteiger partial charge in [-0.05, 0) is 23.8 Å². The minimum Gasteiger partial charge on any atom is -0.266 e. The molecule has 1 aliphatic heterocycles. The van der Waals surface area contributed by atoms with Crippen molar-refractivity contribution < 1.29 is 4.79 Å². The zero-order valence-corrected chi connectivity index (χ0v) is 13.0. The first-order valence-corrected chi connectivity index (χ1v) is 7.74. The van der Waals surface area contributed by atoms with Crippen molar-refractivity contribution in [2.75, 3.05) is 0 Å². The van der Waals surface area contributed by atoms with E-state index in [9.17, 15) is 4.79 Å². The van der Waals surface area contributed by atoms with Gasteiger partial charge in [-0.15, -0.1) is 0 Å². The Bertz CT molecular complexity index is 769. The molecule has 0 aliphatic carbocycles. The summed E-state index contributed by atoms with van der Waals surface area (Å²) in [5.41, 5.74) is 1.68. The fourth-order valence-electron chi connectivity index (χ4n) is 1.87. The molecule has 0 N–H and O–H groups in total. The van der Waals surface area contributed by atoms with Crippen molar-refractivity contribution in [1.82, 2.24) is 0 Å². The zero-order chi connectivity index (χ0) is 14.8. The van der Waals surface area contributed by atoms with Crippen LogP contribution in [0.4, 0.5) is 0 Å². The number of amides is 1. The molecule has 0 unspecified atom stereocenters. The molecule has 104 valence electrons. The van der Waals surface area contributed by atoms with Gasteiger partial charge in [0.25, 0.3) is 5.91 Å². The van der Waals surface area contributed by atoms with Crippen LogP contribution in [-0.4, -0.2) is 11.0 Å². The van der Waals surface area contributed by atoms with Crippen LogP contribution < -0.4 is 0 Å². The Labute approximate surface area is 136 Å². The van der Waals surface area contributed by atoms with Crippen molar-refractivity contribution >= 4 is 52.0 Å². The van der Waals surface area contributed by atoms with Crippen LogP contribution in [0.15, 0.2) is 58.4 Å². The third-order valence-corrected chi connectivity index (χ3v) is 4.49. The van der Waals surface area contributed by atoms with Crippen LogP contribution in [0.1, 0.15) is 11.1 Å². The first kappa shape index (κ1) is 14.4. The summed E-state index contributed by atoms with van der Waals surface area (Å²) in [6.07, 6.45) is 1.74. The lowest BCUT2D eigenvalue weighted by atomic mass is 10.2. The molecule has 0 fully saturated rings. The summed E-state index contributed by atoms with van der Waals surface area (Å²) in [4.78, 5) is 16.6. The van der Waals surface area contributed by atoms with E-state index in [1.807, 2.05) is 30.3 Å². The van der Waals surface area contributed by atoms with Crippen LogP contribution in [0.25, 0.3) is 6.08 Å². The quantitative estimate of drug-likeness (QED) is 0.719. The topological polar surface area (TPSA) is 29.4 Å². The third-order valence-electron chi connectivity index (χ3n) is 2.89. The average molecular weight is 334 g/mol. The molecule has 2 nitrogen and oxygen atoms in total. The van der Waals surface area contributed by atoms with Gasteiger partial charge in [-0.3, -0.25) is 4.79 Å². The van der Waals surface area contributed by atoms with Gasteiger partial charge in [0.1, 0.15) is 5.04 Å². The predicted molar refractivity (Wildman–Crippen MR) is 90.0 cm³/mol. The molecule has 1 aliphatic rings. The van der Waals surface area contributed by atoms with Crippen LogP contribution in [0.5, 0.6) is 0 Å². The minimum atomic E-state index is -0.245. The Kier molecular flexibility index (Phi) is 4.15. The molecule has 1 amide bonds. The molecule has 2 aromatic carbocycles. The number of halogens is 2. The standard InChI is InChI=1S/C16H9Cl2NOS/c17-12-7-6-11(13(18)9-12)8-14-15(20)19-16(21-14)10-4-2-1-3-5-10/h1-9H/b14-8-. The molecule has 0 spiro atoms. The van der Waals surface area contributed by atoms with E-state index in [1.165, 1.54) is 11.8 Å². The number of aliphatic imine (C=N–C) groups is 1. The highest BCUT2D eigenvalue weighted by Gasteiger charge is 2.22. The van der Waals surface area contributed by atoms with E-state index < -0.39 is 0 Å². The molecule has 5 heteroatoms. The largest absolute Gasteiger partial charge is 0.284 e. The first-order chi connectivity index (χ1) is 10.1. The van der Waals surface area contributed by atoms with E-state index in [2.05, 4.69) is 4.99 Å². The predicted octanol–water partition coefficient (Wildman–Crippen LogP) is 5.05. The van der Waals surface area contributed by atoms with Gasteiger partial charge in [0, 0.05) is 15.6 Å². The van der Waals surface area contributed by atoms with Crippen LogP contribution in [0, 0.1) is 0 Å². The smallest absolute Gasteiger partial charge is 0.266 e. The molecule has 21 heavy (non-hydrogen) atoms. The van der Waals surface area contributed by atoms with Crippen LogP contribution in [0.2, 0.25) is 10.0 Å². The van der Waals surface area contributed by atoms with Gasteiger partial charge >= 0.3 is 0 Å². The molecule has 1 heterocycles. The summed E-state index contributed by atoms with van der Waals surface area (Å²) in [6, 6.07) is 14.8. The lowest BCUT2D eigenvalue weighted by Crippen LogP contribution is -1.89. The van der Waals surface area contributed by atoms with Gasteiger partial charge < -0.3 is 0 Å². The minimum absolute atomic E-state index is 0.245. The van der Waals surface area contributed by atoms with Crippen molar-refractivity contribution in [3.8, 4) is 0 Å². The van der Waals surface area contributed by atoms with E-state index in [4.69, 9.17) is 23.2 Å². The SMILES string of the molecule is O=C1N=C(c2ccccc2)S/C1=C\c1ccc(Cl)cc1Cl. The number of carbonyl (C=O) groups is 1. The van der Waals surface area contributed by atoms with E-state index in [0.29, 0.717) is 20.0 Å². The number of carbonyl (C=O) groups excluding carboxylic acids is 1. The summed E-state index contributed by atoms with van der Waals surface area (Å²) in [5.74, 6) is -0.245. The van der Waals surface area contributed by atoms with E-state index in [0.717, 1.165) is 11.1 Å². The van der Waals surface area contributed by atoms with Gasteiger partial charge in [-0.1, -0.05) is 71.4 Å². The second kappa shape index (κ2) is 6.06. The van der Waals surface area contributed by atoms with E-state index in [-0.39, 0.29) is 5.91 Å². The van der Waals surface area contributed by atoms with Crippen LogP contribution >= 0.6 is 35.0 Å². The molecular formula is C16H9Cl2NOS. The van der Waals surface area contributed by atoms with E-state index in [1.54, 1.807) is 24.3 Å². The van der Waals surface area contributed by atoms with Crippen molar-refractivity contribution in [1.29, 1.82) is 0 Å². The number of nitrogens with zero attached hydrogens (tertiary/aromatic N) is 1. The van der Waals surface area contributed by atoms with Gasteiger partial charge in [0.2, 0.25) is 0 Å². The molecule has 0 saturated heterocycles. The number of hydrogen-bond donors (Lipinski definition) is 0. The summed E-state index contributed by atoms with van der Waals surface area (Å²) >= 11 is 13.3. The van der Waals surface area contributed by atoms with Crippen molar-refractivity contribution in [2.24, 2.45) is 4.99 Å². The monoisotopic (exact) mass is 333 g/mol. The highest BCUT2D eigenvalue weighted by atomic mass is 35.5. The highest BCUT2D eigenvalue weighted by Crippen LogP contribution is 2.33. The molecule has 3 rings (SSSR count). The molecule has 0 aromatic heterocycles. The average Bonchev–Trinajstić information content (AvgIpc) is 2.84. The maximum atomic E-state index is 12.0. The number of thioether (sulfide) groups is 1. The number of rotatable bonds is 2. The summed E-state index contributed by atoms with van der Waals surface area (Å²) in [6.45, 7) is 0. The normalized spacial score (nSPS) is 16.4. The van der Waals surface area contributed by atoms with Gasteiger partial charge in [0.15, 0.2) is 0 Å². The van der Waals surface area contributed by atoms with Crippen molar-refractivity contribution in [2.45, 2.75) is 0 Å². The third kappa shape index (κ3) is 3.21. The van der Waals surface area contributed by atoms with Crippen LogP contribution in [0.3, 0.4) is 0 Å². The Morgan fingerprint density at radius 2 is 1.81 bits per heavy atom. The molecule has 0 saturated carbocycles. The molecule has 2 aromatic rings. The van der Waals surface area contributed by atoms with E-state index >= 15 is 0 Å². The number of benzene rings is 2. The fraction of sp³-hybridized carbons (Fsp3) is 0. The zero-order valence-electron chi connectivity index (χ0n) is 10.7. The Morgan fingerprint density at radius 3 is 2.52 bits per heavy atom. The van der Waals surface area contributed by atoms with Gasteiger partial charge in [0.05, 0.1) is 4.91 Å². The lowest BCUT2D eigenvalue weighted by molar-refractivity contribution is -0.113. The summed E-state index contributed by atoms with van der Waals surface area (Å²) in [5, 5.41) is 1.78. The summed E-state index contributed by atoms with van der Waals surface area (Å²) < 4.78 is 0. The second-order valence-electron chi connectivity index (χ2n) is 4.36. The second-order valence-corrected chi connectivity index (χ2v) is 6.24.